The van der Waals surface area contributed by atoms with Crippen LogP contribution in [0.5, 0.6) is 0 Å². The van der Waals surface area contributed by atoms with Crippen molar-refractivity contribution in [2.45, 2.75) is 44.9 Å². The summed E-state index contributed by atoms with van der Waals surface area (Å²) in [5, 5.41) is 1.38. The molecule has 2 heterocycles. The number of benzene rings is 4. The first-order chi connectivity index (χ1) is 19.6. The Bertz CT molecular complexity index is 1860. The van der Waals surface area contributed by atoms with E-state index < -0.39 is 0 Å². The topological polar surface area (TPSA) is 43.6 Å². The van der Waals surface area contributed by atoms with Gasteiger partial charge in [-0.2, -0.15) is 9.97 Å². The average Bonchev–Trinajstić information content (AvgIpc) is 3.47. The van der Waals surface area contributed by atoms with Crippen molar-refractivity contribution in [1.29, 1.82) is 0 Å². The van der Waals surface area contributed by atoms with Gasteiger partial charge >= 0.3 is 0 Å². The Balaban J connectivity index is 1.45. The van der Waals surface area contributed by atoms with Crippen molar-refractivity contribution < 1.29 is 0 Å². The highest BCUT2D eigenvalue weighted by Crippen LogP contribution is 2.53. The molecule has 6 aromatic rings. The lowest BCUT2D eigenvalue weighted by Gasteiger charge is -2.21. The van der Waals surface area contributed by atoms with Gasteiger partial charge in [-0.25, -0.2) is 4.98 Å². The van der Waals surface area contributed by atoms with E-state index in [9.17, 15) is 0 Å². The lowest BCUT2D eigenvalue weighted by atomic mass is 9.82. The summed E-state index contributed by atoms with van der Waals surface area (Å²) in [4.78, 5) is 15.2. The Labute approximate surface area is 234 Å². The first kappa shape index (κ1) is 23.3. The van der Waals surface area contributed by atoms with Crippen molar-refractivity contribution in [3.05, 3.63) is 119 Å². The number of nitrogens with zero attached hydrogens (tertiary/aromatic N) is 4. The van der Waals surface area contributed by atoms with Gasteiger partial charge in [0.2, 0.25) is 5.95 Å². The zero-order chi connectivity index (χ0) is 26.8. The molecule has 0 atom stereocenters. The third-order valence-electron chi connectivity index (χ3n) is 8.87. The van der Waals surface area contributed by atoms with Crippen LogP contribution in [0, 0.1) is 0 Å². The largest absolute Gasteiger partial charge is 0.282 e. The summed E-state index contributed by atoms with van der Waals surface area (Å²) in [7, 11) is 0. The standard InChI is InChI=1S/C36H30N4/c1-36(2)27-19-11-9-17-25(27)31-28(36)21-22-30-32(31)26-18-10-12-20-29(26)40(30)35-38-33(23-13-5-3-6-14-23)37-34(39-35)24-15-7-4-8-16-24/h3-9,11,13-17,19,21-22H,10,12,18,20H2,1-2H3. The van der Waals surface area contributed by atoms with Gasteiger partial charge in [0.1, 0.15) is 0 Å². The normalized spacial score (nSPS) is 15.1. The number of hydrogen-bond acceptors (Lipinski definition) is 3. The van der Waals surface area contributed by atoms with E-state index in [2.05, 4.69) is 79.1 Å². The molecule has 194 valence electrons. The van der Waals surface area contributed by atoms with Crippen LogP contribution in [-0.2, 0) is 18.3 Å². The van der Waals surface area contributed by atoms with E-state index in [1.165, 1.54) is 57.3 Å². The van der Waals surface area contributed by atoms with Crippen molar-refractivity contribution in [1.82, 2.24) is 19.5 Å². The van der Waals surface area contributed by atoms with E-state index in [-0.39, 0.29) is 5.41 Å². The Kier molecular flexibility index (Phi) is 5.09. The van der Waals surface area contributed by atoms with Gasteiger partial charge in [0.05, 0.1) is 5.52 Å². The van der Waals surface area contributed by atoms with Crippen LogP contribution >= 0.6 is 0 Å². The van der Waals surface area contributed by atoms with Gasteiger partial charge in [0, 0.05) is 27.6 Å². The Morgan fingerprint density at radius 2 is 1.25 bits per heavy atom. The number of fused-ring (bicyclic) bond motifs is 7. The first-order valence-corrected chi connectivity index (χ1v) is 14.3. The maximum absolute atomic E-state index is 5.14. The van der Waals surface area contributed by atoms with E-state index in [1.54, 1.807) is 0 Å². The number of rotatable bonds is 3. The summed E-state index contributed by atoms with van der Waals surface area (Å²) < 4.78 is 2.35. The Morgan fingerprint density at radius 3 is 1.95 bits per heavy atom. The fourth-order valence-corrected chi connectivity index (χ4v) is 6.95. The summed E-state index contributed by atoms with van der Waals surface area (Å²) in [6, 6.07) is 34.1. The quantitative estimate of drug-likeness (QED) is 0.236. The molecule has 0 radical (unpaired) electrons. The second kappa shape index (κ2) is 8.72. The zero-order valence-corrected chi connectivity index (χ0v) is 22.9. The molecule has 2 aliphatic carbocycles. The van der Waals surface area contributed by atoms with Crippen LogP contribution in [0.25, 0.3) is 50.8 Å². The molecule has 0 unspecified atom stereocenters. The van der Waals surface area contributed by atoms with Gasteiger partial charge in [0.15, 0.2) is 11.6 Å². The van der Waals surface area contributed by atoms with Crippen LogP contribution in [0.3, 0.4) is 0 Å². The summed E-state index contributed by atoms with van der Waals surface area (Å²) in [6.45, 7) is 4.72. The van der Waals surface area contributed by atoms with E-state index in [0.717, 1.165) is 24.0 Å². The number of aromatic nitrogens is 4. The van der Waals surface area contributed by atoms with Gasteiger partial charge in [0.25, 0.3) is 0 Å². The fourth-order valence-electron chi connectivity index (χ4n) is 6.95. The summed E-state index contributed by atoms with van der Waals surface area (Å²) in [5.41, 5.74) is 11.6. The highest BCUT2D eigenvalue weighted by atomic mass is 15.2. The molecule has 40 heavy (non-hydrogen) atoms. The lowest BCUT2D eigenvalue weighted by Crippen LogP contribution is -2.14. The molecule has 0 N–H and O–H groups in total. The molecular weight excluding hydrogens is 488 g/mol. The summed E-state index contributed by atoms with van der Waals surface area (Å²) in [6.07, 6.45) is 4.50. The predicted octanol–water partition coefficient (Wildman–Crippen LogP) is 8.33. The van der Waals surface area contributed by atoms with Gasteiger partial charge in [-0.3, -0.25) is 4.57 Å². The molecule has 2 aliphatic rings. The lowest BCUT2D eigenvalue weighted by molar-refractivity contribution is 0.660. The smallest absolute Gasteiger partial charge is 0.238 e. The van der Waals surface area contributed by atoms with Gasteiger partial charge < -0.3 is 0 Å². The van der Waals surface area contributed by atoms with Gasteiger partial charge in [-0.1, -0.05) is 105 Å². The van der Waals surface area contributed by atoms with Crippen molar-refractivity contribution >= 4 is 10.9 Å². The van der Waals surface area contributed by atoms with Gasteiger partial charge in [-0.05, 0) is 59.6 Å². The highest BCUT2D eigenvalue weighted by Gasteiger charge is 2.38. The third-order valence-corrected chi connectivity index (χ3v) is 8.87. The van der Waals surface area contributed by atoms with Crippen molar-refractivity contribution in [2.24, 2.45) is 0 Å². The van der Waals surface area contributed by atoms with E-state index >= 15 is 0 Å². The molecular formula is C36H30N4. The zero-order valence-electron chi connectivity index (χ0n) is 22.9. The monoisotopic (exact) mass is 518 g/mol. The number of hydrogen-bond donors (Lipinski definition) is 0. The predicted molar refractivity (Wildman–Crippen MR) is 162 cm³/mol. The summed E-state index contributed by atoms with van der Waals surface area (Å²) in [5.74, 6) is 2.10. The second-order valence-electron chi connectivity index (χ2n) is 11.5. The molecule has 0 spiro atoms. The molecule has 4 nitrogen and oxygen atoms in total. The minimum absolute atomic E-state index is 0.0299. The van der Waals surface area contributed by atoms with E-state index in [4.69, 9.17) is 15.0 Å². The van der Waals surface area contributed by atoms with Crippen LogP contribution in [0.15, 0.2) is 97.1 Å². The third kappa shape index (κ3) is 3.35. The average molecular weight is 519 g/mol. The molecule has 4 aromatic carbocycles. The van der Waals surface area contributed by atoms with E-state index in [1.807, 2.05) is 36.4 Å². The Hall–Kier alpha value is -4.57. The SMILES string of the molecule is CC1(C)c2ccccc2-c2c1ccc1c2c2c(n1-c1nc(-c3ccccc3)nc(-c3ccccc3)n1)CCCC2. The number of aryl methyl sites for hydroxylation is 1. The second-order valence-corrected chi connectivity index (χ2v) is 11.5. The van der Waals surface area contributed by atoms with E-state index in [0.29, 0.717) is 17.6 Å². The van der Waals surface area contributed by atoms with Crippen LogP contribution in [-0.4, -0.2) is 19.5 Å². The summed E-state index contributed by atoms with van der Waals surface area (Å²) >= 11 is 0. The molecule has 0 aliphatic heterocycles. The maximum atomic E-state index is 5.14. The molecule has 8 rings (SSSR count). The minimum atomic E-state index is -0.0299. The molecule has 4 heteroatoms. The van der Waals surface area contributed by atoms with Gasteiger partial charge in [-0.15, -0.1) is 0 Å². The molecule has 2 aromatic heterocycles. The highest BCUT2D eigenvalue weighted by molar-refractivity contribution is 6.05. The van der Waals surface area contributed by atoms with Crippen molar-refractivity contribution in [2.75, 3.05) is 0 Å². The van der Waals surface area contributed by atoms with Crippen molar-refractivity contribution in [3.8, 4) is 39.9 Å². The first-order valence-electron chi connectivity index (χ1n) is 14.3. The Morgan fingerprint density at radius 1 is 0.625 bits per heavy atom. The molecule has 0 saturated heterocycles. The van der Waals surface area contributed by atoms with Crippen LogP contribution in [0.4, 0.5) is 0 Å². The maximum Gasteiger partial charge on any atom is 0.238 e. The molecule has 0 bridgehead atoms. The van der Waals surface area contributed by atoms with Crippen LogP contribution in [0.2, 0.25) is 0 Å². The van der Waals surface area contributed by atoms with Crippen molar-refractivity contribution in [3.63, 3.8) is 0 Å². The molecule has 0 saturated carbocycles. The molecule has 0 amide bonds. The molecule has 0 fully saturated rings. The minimum Gasteiger partial charge on any atom is -0.282 e. The van der Waals surface area contributed by atoms with Crippen LogP contribution < -0.4 is 0 Å². The fraction of sp³-hybridized carbons (Fsp3) is 0.194. The van der Waals surface area contributed by atoms with Crippen LogP contribution in [0.1, 0.15) is 49.1 Å².